The normalized spacial score (nSPS) is 11.1. The quantitative estimate of drug-likeness (QED) is 0.0758. The molecule has 0 aliphatic carbocycles. The Bertz CT molecular complexity index is 873. The highest BCUT2D eigenvalue weighted by molar-refractivity contribution is 5.66. The molecule has 0 aliphatic rings. The van der Waals surface area contributed by atoms with Gasteiger partial charge < -0.3 is 43.0 Å². The summed E-state index contributed by atoms with van der Waals surface area (Å²) in [6.45, 7) is 6.39. The molecule has 240 valence electrons. The molecular formula is C26H42N2O14. The molecule has 1 aromatic rings. The van der Waals surface area contributed by atoms with E-state index in [1.54, 1.807) is 0 Å². The van der Waals surface area contributed by atoms with E-state index in [0.29, 0.717) is 118 Å². The number of hydrogen-bond donors (Lipinski definition) is 1. The fourth-order valence-electron chi connectivity index (χ4n) is 3.21. The minimum absolute atomic E-state index is 0.0171. The number of carbonyl (C=O) groups is 1. The highest BCUT2D eigenvalue weighted by Crippen LogP contribution is 2.25. The molecule has 0 atom stereocenters. The second-order valence-electron chi connectivity index (χ2n) is 8.47. The van der Waals surface area contributed by atoms with Gasteiger partial charge in [0.15, 0.2) is 0 Å². The molecule has 42 heavy (non-hydrogen) atoms. The van der Waals surface area contributed by atoms with Crippen molar-refractivity contribution in [1.82, 2.24) is 0 Å². The van der Waals surface area contributed by atoms with Crippen molar-refractivity contribution in [3.63, 3.8) is 0 Å². The molecule has 0 radical (unpaired) electrons. The van der Waals surface area contributed by atoms with Gasteiger partial charge in [0.05, 0.1) is 121 Å². The average molecular weight is 607 g/mol. The standard InChI is InChI=1S/C26H42N2O14/c29-26(30)5-7-36-9-11-38-13-15-40-17-19-42-21-20-41-18-16-39-14-12-37-10-8-35-6-1-2-23-3-4-24(27(31)32)22-25(23)28(33)34/h3-4,22H,1-2,5-21H2,(H,29,30). The molecule has 0 unspecified atom stereocenters. The topological polar surface area (TPSA) is 197 Å². The molecule has 16 heteroatoms. The van der Waals surface area contributed by atoms with Crippen LogP contribution in [0.25, 0.3) is 0 Å². The Morgan fingerprint density at radius 2 is 0.976 bits per heavy atom. The predicted octanol–water partition coefficient (Wildman–Crippen LogP) is 2.04. The second kappa shape index (κ2) is 25.8. The Hall–Kier alpha value is -2.83. The molecule has 1 rings (SSSR count). The summed E-state index contributed by atoms with van der Waals surface area (Å²) < 4.78 is 42.9. The first-order valence-electron chi connectivity index (χ1n) is 13.7. The van der Waals surface area contributed by atoms with Crippen LogP contribution >= 0.6 is 0 Å². The second-order valence-corrected chi connectivity index (χ2v) is 8.47. The molecule has 0 heterocycles. The van der Waals surface area contributed by atoms with Gasteiger partial charge in [0.2, 0.25) is 0 Å². The van der Waals surface area contributed by atoms with Gasteiger partial charge >= 0.3 is 5.97 Å². The lowest BCUT2D eigenvalue weighted by Gasteiger charge is -2.08. The molecule has 16 nitrogen and oxygen atoms in total. The van der Waals surface area contributed by atoms with Gasteiger partial charge in [-0.05, 0) is 18.9 Å². The molecule has 0 amide bonds. The number of nitrogens with zero attached hydrogens (tertiary/aromatic N) is 2. The molecule has 0 aliphatic heterocycles. The van der Waals surface area contributed by atoms with E-state index in [0.717, 1.165) is 6.07 Å². The highest BCUT2D eigenvalue weighted by atomic mass is 16.6. The molecule has 0 aromatic heterocycles. The first-order chi connectivity index (χ1) is 20.4. The van der Waals surface area contributed by atoms with Crippen molar-refractivity contribution in [2.75, 3.05) is 106 Å². The molecule has 0 spiro atoms. The van der Waals surface area contributed by atoms with Crippen LogP contribution in [0.1, 0.15) is 18.4 Å². The lowest BCUT2D eigenvalue weighted by Crippen LogP contribution is -2.15. The van der Waals surface area contributed by atoms with Crippen molar-refractivity contribution in [2.45, 2.75) is 19.3 Å². The van der Waals surface area contributed by atoms with Crippen molar-refractivity contribution < 1.29 is 57.6 Å². The molecule has 0 saturated carbocycles. The van der Waals surface area contributed by atoms with Gasteiger partial charge in [0.1, 0.15) is 0 Å². The molecule has 0 fully saturated rings. The molecular weight excluding hydrogens is 564 g/mol. The Morgan fingerprint density at radius 3 is 1.33 bits per heavy atom. The molecule has 1 aromatic carbocycles. The summed E-state index contributed by atoms with van der Waals surface area (Å²) in [4.78, 5) is 31.0. The van der Waals surface area contributed by atoms with Gasteiger partial charge in [-0.1, -0.05) is 0 Å². The van der Waals surface area contributed by atoms with Crippen LogP contribution in [0.3, 0.4) is 0 Å². The number of benzene rings is 1. The lowest BCUT2D eigenvalue weighted by atomic mass is 10.1. The third-order valence-electron chi connectivity index (χ3n) is 5.28. The van der Waals surface area contributed by atoms with Crippen molar-refractivity contribution in [3.8, 4) is 0 Å². The van der Waals surface area contributed by atoms with Crippen molar-refractivity contribution in [3.05, 3.63) is 44.0 Å². The van der Waals surface area contributed by atoms with E-state index in [-0.39, 0.29) is 24.4 Å². The van der Waals surface area contributed by atoms with Gasteiger partial charge in [0, 0.05) is 18.2 Å². The lowest BCUT2D eigenvalue weighted by molar-refractivity contribution is -0.394. The first kappa shape index (κ1) is 37.2. The summed E-state index contributed by atoms with van der Waals surface area (Å²) in [7, 11) is 0. The molecule has 0 bridgehead atoms. The summed E-state index contributed by atoms with van der Waals surface area (Å²) in [6.07, 6.45) is 0.893. The van der Waals surface area contributed by atoms with E-state index in [4.69, 9.17) is 43.0 Å². The fraction of sp³-hybridized carbons (Fsp3) is 0.731. The SMILES string of the molecule is O=C(O)CCOCCOCCOCCOCCOCCOCCOCCOCCCc1ccc([N+](=O)[O-])cc1[N+](=O)[O-]. The van der Waals surface area contributed by atoms with Crippen molar-refractivity contribution in [2.24, 2.45) is 0 Å². The Labute approximate surface area is 244 Å². The summed E-state index contributed by atoms with van der Waals surface area (Å²) in [6, 6.07) is 3.64. The van der Waals surface area contributed by atoms with Gasteiger partial charge in [-0.25, -0.2) is 0 Å². The van der Waals surface area contributed by atoms with Gasteiger partial charge in [-0.3, -0.25) is 25.0 Å². The molecule has 0 saturated heterocycles. The van der Waals surface area contributed by atoms with E-state index in [2.05, 4.69) is 0 Å². The Balaban J connectivity index is 1.78. The number of rotatable bonds is 30. The zero-order valence-electron chi connectivity index (χ0n) is 23.8. The molecule has 1 N–H and O–H groups in total. The van der Waals surface area contributed by atoms with E-state index in [1.165, 1.54) is 12.1 Å². The summed E-state index contributed by atoms with van der Waals surface area (Å²) >= 11 is 0. The fourth-order valence-corrected chi connectivity index (χ4v) is 3.21. The zero-order valence-corrected chi connectivity index (χ0v) is 23.8. The minimum Gasteiger partial charge on any atom is -0.481 e. The number of aliphatic carboxylic acids is 1. The van der Waals surface area contributed by atoms with Crippen LogP contribution in [0.5, 0.6) is 0 Å². The number of aryl methyl sites for hydroxylation is 1. The van der Waals surface area contributed by atoms with Crippen LogP contribution in [0.4, 0.5) is 11.4 Å². The Kier molecular flexibility index (Phi) is 22.9. The number of nitro benzene ring substituents is 2. The van der Waals surface area contributed by atoms with Gasteiger partial charge in [0.25, 0.3) is 11.4 Å². The van der Waals surface area contributed by atoms with Gasteiger partial charge in [-0.15, -0.1) is 0 Å². The monoisotopic (exact) mass is 606 g/mol. The number of carboxylic acid groups (broad SMARTS) is 1. The summed E-state index contributed by atoms with van der Waals surface area (Å²) in [5, 5.41) is 30.4. The smallest absolute Gasteiger partial charge is 0.305 e. The van der Waals surface area contributed by atoms with Crippen LogP contribution in [-0.4, -0.2) is 127 Å². The van der Waals surface area contributed by atoms with Crippen LogP contribution in [-0.2, 0) is 49.1 Å². The van der Waals surface area contributed by atoms with Gasteiger partial charge in [-0.2, -0.15) is 0 Å². The average Bonchev–Trinajstić information content (AvgIpc) is 2.96. The predicted molar refractivity (Wildman–Crippen MR) is 147 cm³/mol. The maximum absolute atomic E-state index is 11.1. The number of hydrogen-bond acceptors (Lipinski definition) is 13. The first-order valence-corrected chi connectivity index (χ1v) is 13.7. The largest absolute Gasteiger partial charge is 0.481 e. The van der Waals surface area contributed by atoms with Crippen LogP contribution in [0, 0.1) is 20.2 Å². The number of nitro groups is 2. The summed E-state index contributed by atoms with van der Waals surface area (Å²) in [5.74, 6) is -0.888. The van der Waals surface area contributed by atoms with Crippen LogP contribution < -0.4 is 0 Å². The maximum Gasteiger partial charge on any atom is 0.305 e. The number of ether oxygens (including phenoxy) is 8. The van der Waals surface area contributed by atoms with E-state index < -0.39 is 15.8 Å². The minimum atomic E-state index is -0.888. The van der Waals surface area contributed by atoms with E-state index in [9.17, 15) is 25.0 Å². The Morgan fingerprint density at radius 1 is 0.595 bits per heavy atom. The maximum atomic E-state index is 11.1. The summed E-state index contributed by atoms with van der Waals surface area (Å²) in [5.41, 5.74) is -0.140. The van der Waals surface area contributed by atoms with E-state index in [1.807, 2.05) is 0 Å². The van der Waals surface area contributed by atoms with E-state index >= 15 is 0 Å². The highest BCUT2D eigenvalue weighted by Gasteiger charge is 2.18. The van der Waals surface area contributed by atoms with Crippen molar-refractivity contribution >= 4 is 17.3 Å². The third kappa shape index (κ3) is 21.0. The van der Waals surface area contributed by atoms with Crippen molar-refractivity contribution in [1.29, 1.82) is 0 Å². The van der Waals surface area contributed by atoms with Crippen LogP contribution in [0.2, 0.25) is 0 Å². The number of carboxylic acids is 1. The third-order valence-corrected chi connectivity index (χ3v) is 5.28. The zero-order chi connectivity index (χ0) is 30.7. The number of non-ortho nitro benzene ring substituents is 1. The van der Waals surface area contributed by atoms with Crippen LogP contribution in [0.15, 0.2) is 18.2 Å².